The molecule has 11 heteroatoms. The number of aromatic amines is 1. The van der Waals surface area contributed by atoms with Gasteiger partial charge in [0, 0.05) is 5.92 Å². The molecule has 1 aliphatic rings. The van der Waals surface area contributed by atoms with E-state index in [-0.39, 0.29) is 35.5 Å². The molecule has 0 saturated carbocycles. The highest BCUT2D eigenvalue weighted by Crippen LogP contribution is 2.42. The number of carbonyl (C=O) groups excluding carboxylic acids is 1. The second-order valence-electron chi connectivity index (χ2n) is 6.11. The molecule has 3 rings (SSSR count). The van der Waals surface area contributed by atoms with Gasteiger partial charge in [-0.3, -0.25) is 24.5 Å². The summed E-state index contributed by atoms with van der Waals surface area (Å²) in [4.78, 5) is 34.6. The summed E-state index contributed by atoms with van der Waals surface area (Å²) in [6.07, 6.45) is -0.928. The van der Waals surface area contributed by atoms with Gasteiger partial charge in [-0.15, -0.1) is 11.8 Å². The van der Waals surface area contributed by atoms with E-state index < -0.39 is 28.4 Å². The van der Waals surface area contributed by atoms with Crippen molar-refractivity contribution >= 4 is 34.8 Å². The first-order valence-corrected chi connectivity index (χ1v) is 8.68. The third-order valence-electron chi connectivity index (χ3n) is 3.99. The van der Waals surface area contributed by atoms with Crippen LogP contribution in [-0.2, 0) is 4.79 Å². The van der Waals surface area contributed by atoms with Crippen molar-refractivity contribution in [1.29, 1.82) is 0 Å². The average Bonchev–Trinajstić information content (AvgIpc) is 3.10. The van der Waals surface area contributed by atoms with Gasteiger partial charge in [0.15, 0.2) is 11.2 Å². The maximum absolute atomic E-state index is 12.2. The molecule has 10 nitrogen and oxygen atoms in total. The van der Waals surface area contributed by atoms with Crippen LogP contribution in [0.25, 0.3) is 11.2 Å². The first-order chi connectivity index (χ1) is 11.8. The number of aliphatic hydroxyl groups is 3. The van der Waals surface area contributed by atoms with Crippen LogP contribution in [0.3, 0.4) is 0 Å². The maximum atomic E-state index is 12.2. The molecule has 0 bridgehead atoms. The van der Waals surface area contributed by atoms with Gasteiger partial charge in [-0.05, 0) is 0 Å². The summed E-state index contributed by atoms with van der Waals surface area (Å²) in [6, 6.07) is 0. The van der Waals surface area contributed by atoms with E-state index in [1.807, 2.05) is 0 Å². The normalized spacial score (nSPS) is 26.5. The Hall–Kier alpha value is -1.95. The van der Waals surface area contributed by atoms with Crippen LogP contribution < -0.4 is 10.9 Å². The summed E-state index contributed by atoms with van der Waals surface area (Å²) in [7, 11) is 0. The smallest absolute Gasteiger partial charge is 0.280 e. The molecule has 2 aromatic heterocycles. The lowest BCUT2D eigenvalue weighted by Crippen LogP contribution is -2.32. The Morgan fingerprint density at radius 3 is 2.76 bits per heavy atom. The van der Waals surface area contributed by atoms with Crippen LogP contribution in [0.1, 0.15) is 19.2 Å². The summed E-state index contributed by atoms with van der Waals surface area (Å²) < 4.78 is 1.46. The minimum atomic E-state index is -1.16. The summed E-state index contributed by atoms with van der Waals surface area (Å²) in [5.41, 5.74) is -0.304. The molecule has 5 N–H and O–H groups in total. The van der Waals surface area contributed by atoms with Gasteiger partial charge in [-0.2, -0.15) is 4.98 Å². The lowest BCUT2D eigenvalue weighted by molar-refractivity contribution is -0.118. The van der Waals surface area contributed by atoms with E-state index in [4.69, 9.17) is 0 Å². The van der Waals surface area contributed by atoms with Gasteiger partial charge < -0.3 is 15.3 Å². The number of thioether (sulfide) groups is 1. The average molecular weight is 369 g/mol. The van der Waals surface area contributed by atoms with Crippen molar-refractivity contribution in [3.05, 3.63) is 16.7 Å². The quantitative estimate of drug-likeness (QED) is 0.462. The molecule has 3 heterocycles. The fourth-order valence-electron chi connectivity index (χ4n) is 2.54. The van der Waals surface area contributed by atoms with Crippen LogP contribution in [0.5, 0.6) is 0 Å². The Balaban J connectivity index is 2.01. The first kappa shape index (κ1) is 17.9. The van der Waals surface area contributed by atoms with Crippen LogP contribution in [0, 0.1) is 5.92 Å². The molecule has 1 saturated heterocycles. The van der Waals surface area contributed by atoms with Crippen LogP contribution in [0.15, 0.2) is 11.1 Å². The zero-order chi connectivity index (χ0) is 18.3. The monoisotopic (exact) mass is 369 g/mol. The molecule has 0 aromatic carbocycles. The summed E-state index contributed by atoms with van der Waals surface area (Å²) in [5.74, 6) is -0.618. The number of amides is 1. The van der Waals surface area contributed by atoms with E-state index in [9.17, 15) is 24.9 Å². The Morgan fingerprint density at radius 2 is 2.16 bits per heavy atom. The van der Waals surface area contributed by atoms with Crippen LogP contribution in [0.2, 0.25) is 0 Å². The predicted molar refractivity (Wildman–Crippen MR) is 91.1 cm³/mol. The van der Waals surface area contributed by atoms with Gasteiger partial charge in [-0.25, -0.2) is 4.98 Å². The van der Waals surface area contributed by atoms with Gasteiger partial charge in [0.2, 0.25) is 11.9 Å². The predicted octanol–water partition coefficient (Wildman–Crippen LogP) is -0.958. The SMILES string of the molecule is CC(C)C(=O)Nc1nc2c(ncn2[C@@H]2SC(CO)[C@@H](O)[C@H]2O)c(=O)[nH]1. The number of aromatic nitrogens is 4. The number of nitrogens with zero attached hydrogens (tertiary/aromatic N) is 3. The second kappa shape index (κ2) is 6.75. The van der Waals surface area contributed by atoms with Crippen molar-refractivity contribution in [1.82, 2.24) is 19.5 Å². The minimum absolute atomic E-state index is 0.0188. The molecular weight excluding hydrogens is 350 g/mol. The zero-order valence-electron chi connectivity index (χ0n) is 13.6. The third kappa shape index (κ3) is 3.15. The van der Waals surface area contributed by atoms with E-state index >= 15 is 0 Å². The number of fused-ring (bicyclic) bond motifs is 1. The standard InChI is InChI=1S/C14H19N5O5S/c1-5(2)11(23)17-14-16-10-7(12(24)18-14)15-4-19(10)13-9(22)8(21)6(3-20)25-13/h4-6,8-9,13,20-22H,3H2,1-2H3,(H2,16,17,18,23,24)/t6?,8-,9-,13-/m1/s1. The second-order valence-corrected chi connectivity index (χ2v) is 7.47. The number of H-pyrrole nitrogens is 1. The van der Waals surface area contributed by atoms with E-state index in [1.165, 1.54) is 10.9 Å². The molecule has 136 valence electrons. The number of hydrogen-bond acceptors (Lipinski definition) is 8. The number of anilines is 1. The Bertz CT molecular complexity index is 850. The largest absolute Gasteiger partial charge is 0.395 e. The fourth-order valence-corrected chi connectivity index (χ4v) is 3.92. The molecule has 1 amide bonds. The first-order valence-electron chi connectivity index (χ1n) is 7.73. The van der Waals surface area contributed by atoms with Gasteiger partial charge in [0.05, 0.1) is 24.3 Å². The molecule has 0 spiro atoms. The summed E-state index contributed by atoms with van der Waals surface area (Å²) in [6.45, 7) is 3.12. The van der Waals surface area contributed by atoms with E-state index in [1.54, 1.807) is 13.8 Å². The number of carbonyl (C=O) groups is 1. The van der Waals surface area contributed by atoms with E-state index in [0.717, 1.165) is 11.8 Å². The molecule has 0 radical (unpaired) electrons. The van der Waals surface area contributed by atoms with E-state index in [0.29, 0.717) is 0 Å². The molecule has 2 aromatic rings. The van der Waals surface area contributed by atoms with Crippen molar-refractivity contribution in [3.63, 3.8) is 0 Å². The molecule has 25 heavy (non-hydrogen) atoms. The summed E-state index contributed by atoms with van der Waals surface area (Å²) >= 11 is 1.16. The molecule has 1 fully saturated rings. The molecule has 1 aliphatic heterocycles. The van der Waals surface area contributed by atoms with E-state index in [2.05, 4.69) is 20.3 Å². The topological polar surface area (TPSA) is 153 Å². The van der Waals surface area contributed by atoms with Gasteiger partial charge in [0.25, 0.3) is 5.56 Å². The van der Waals surface area contributed by atoms with Crippen LogP contribution in [-0.4, -0.2) is 64.8 Å². The van der Waals surface area contributed by atoms with Gasteiger partial charge in [-0.1, -0.05) is 13.8 Å². The minimum Gasteiger partial charge on any atom is -0.395 e. The van der Waals surface area contributed by atoms with Crippen molar-refractivity contribution in [2.45, 2.75) is 36.7 Å². The molecule has 1 unspecified atom stereocenters. The fraction of sp³-hybridized carbons (Fsp3) is 0.571. The highest BCUT2D eigenvalue weighted by molar-refractivity contribution is 8.00. The number of imidazole rings is 1. The van der Waals surface area contributed by atoms with Crippen molar-refractivity contribution in [2.24, 2.45) is 5.92 Å². The number of hydrogen-bond donors (Lipinski definition) is 5. The van der Waals surface area contributed by atoms with Crippen molar-refractivity contribution < 1.29 is 20.1 Å². The highest BCUT2D eigenvalue weighted by atomic mass is 32.2. The van der Waals surface area contributed by atoms with Crippen LogP contribution in [0.4, 0.5) is 5.95 Å². The molecule has 0 aliphatic carbocycles. The van der Waals surface area contributed by atoms with Crippen LogP contribution >= 0.6 is 11.8 Å². The molecular formula is C14H19N5O5S. The highest BCUT2D eigenvalue weighted by Gasteiger charge is 2.43. The third-order valence-corrected chi connectivity index (χ3v) is 5.55. The lowest BCUT2D eigenvalue weighted by atomic mass is 10.1. The van der Waals surface area contributed by atoms with Gasteiger partial charge >= 0.3 is 0 Å². The Kier molecular flexibility index (Phi) is 4.82. The maximum Gasteiger partial charge on any atom is 0.280 e. The van der Waals surface area contributed by atoms with Crippen molar-refractivity contribution in [2.75, 3.05) is 11.9 Å². The molecule has 4 atom stereocenters. The Labute approximate surface area is 146 Å². The number of aliphatic hydroxyl groups excluding tert-OH is 3. The Morgan fingerprint density at radius 1 is 1.44 bits per heavy atom. The zero-order valence-corrected chi connectivity index (χ0v) is 14.4. The summed E-state index contributed by atoms with van der Waals surface area (Å²) in [5, 5.41) is 30.8. The van der Waals surface area contributed by atoms with Crippen molar-refractivity contribution in [3.8, 4) is 0 Å². The number of rotatable bonds is 4. The lowest BCUT2D eigenvalue weighted by Gasteiger charge is -2.17. The number of nitrogens with one attached hydrogen (secondary N) is 2. The van der Waals surface area contributed by atoms with Gasteiger partial charge in [0.1, 0.15) is 11.5 Å².